The number of aliphatic hydroxyl groups is 1. The average Bonchev–Trinajstić information content (AvgIpc) is 2.49. The van der Waals surface area contributed by atoms with Gasteiger partial charge in [-0.2, -0.15) is 0 Å². The molecule has 0 saturated carbocycles. The van der Waals surface area contributed by atoms with Gasteiger partial charge in [-0.15, -0.1) is 0 Å². The lowest BCUT2D eigenvalue weighted by molar-refractivity contribution is -0.135. The monoisotopic (exact) mass is 288 g/mol. The summed E-state index contributed by atoms with van der Waals surface area (Å²) in [6.45, 7) is 6.84. The van der Waals surface area contributed by atoms with Gasteiger partial charge in [0.05, 0.1) is 25.9 Å². The SMILES string of the molecule is CCCCOCC(O)CNCCC(=O)N1CCOCC1. The number of aliphatic hydroxyl groups excluding tert-OH is 1. The molecule has 20 heavy (non-hydrogen) atoms. The normalized spacial score (nSPS) is 17.2. The van der Waals surface area contributed by atoms with Crippen molar-refractivity contribution in [1.82, 2.24) is 10.2 Å². The second-order valence-corrected chi connectivity index (χ2v) is 5.03. The smallest absolute Gasteiger partial charge is 0.224 e. The Kier molecular flexibility index (Phi) is 9.57. The first-order valence-electron chi connectivity index (χ1n) is 7.56. The van der Waals surface area contributed by atoms with Crippen molar-refractivity contribution in [3.63, 3.8) is 0 Å². The summed E-state index contributed by atoms with van der Waals surface area (Å²) < 4.78 is 10.5. The quantitative estimate of drug-likeness (QED) is 0.554. The molecule has 1 saturated heterocycles. The number of hydrogen-bond donors (Lipinski definition) is 2. The highest BCUT2D eigenvalue weighted by molar-refractivity contribution is 5.76. The van der Waals surface area contributed by atoms with Gasteiger partial charge in [0.2, 0.25) is 5.91 Å². The zero-order valence-corrected chi connectivity index (χ0v) is 12.5. The van der Waals surface area contributed by atoms with E-state index in [1.165, 1.54) is 0 Å². The number of amides is 1. The molecule has 2 N–H and O–H groups in total. The van der Waals surface area contributed by atoms with Crippen molar-refractivity contribution in [3.8, 4) is 0 Å². The molecule has 1 aliphatic rings. The fraction of sp³-hybridized carbons (Fsp3) is 0.929. The van der Waals surface area contributed by atoms with Crippen molar-refractivity contribution in [1.29, 1.82) is 0 Å². The van der Waals surface area contributed by atoms with Crippen LogP contribution in [0.15, 0.2) is 0 Å². The molecule has 0 radical (unpaired) electrons. The van der Waals surface area contributed by atoms with Gasteiger partial charge in [0.25, 0.3) is 0 Å². The molecule has 0 bridgehead atoms. The van der Waals surface area contributed by atoms with Crippen LogP contribution in [0.25, 0.3) is 0 Å². The zero-order valence-electron chi connectivity index (χ0n) is 12.5. The first kappa shape index (κ1) is 17.4. The molecule has 118 valence electrons. The molecular formula is C14H28N2O4. The lowest BCUT2D eigenvalue weighted by atomic mass is 10.3. The summed E-state index contributed by atoms with van der Waals surface area (Å²) in [7, 11) is 0. The Bertz CT molecular complexity index is 258. The molecule has 6 heteroatoms. The lowest BCUT2D eigenvalue weighted by Gasteiger charge is -2.26. The van der Waals surface area contributed by atoms with E-state index in [0.717, 1.165) is 12.8 Å². The zero-order chi connectivity index (χ0) is 14.6. The molecule has 0 spiro atoms. The van der Waals surface area contributed by atoms with Gasteiger partial charge < -0.3 is 24.8 Å². The van der Waals surface area contributed by atoms with Crippen molar-refractivity contribution in [2.45, 2.75) is 32.3 Å². The molecule has 1 amide bonds. The van der Waals surface area contributed by atoms with Crippen LogP contribution in [0, 0.1) is 0 Å². The average molecular weight is 288 g/mol. The summed E-state index contributed by atoms with van der Waals surface area (Å²) in [6, 6.07) is 0. The predicted molar refractivity (Wildman–Crippen MR) is 76.6 cm³/mol. The molecule has 0 aromatic carbocycles. The second kappa shape index (κ2) is 11.0. The highest BCUT2D eigenvalue weighted by Crippen LogP contribution is 1.99. The third-order valence-electron chi connectivity index (χ3n) is 3.21. The Balaban J connectivity index is 1.96. The highest BCUT2D eigenvalue weighted by atomic mass is 16.5. The number of nitrogens with one attached hydrogen (secondary N) is 1. The molecule has 1 atom stereocenters. The Morgan fingerprint density at radius 3 is 2.90 bits per heavy atom. The molecular weight excluding hydrogens is 260 g/mol. The summed E-state index contributed by atoms with van der Waals surface area (Å²) in [4.78, 5) is 13.7. The number of ether oxygens (including phenoxy) is 2. The van der Waals surface area contributed by atoms with Crippen LogP contribution in [-0.4, -0.2) is 74.6 Å². The molecule has 1 aliphatic heterocycles. The van der Waals surface area contributed by atoms with Crippen LogP contribution < -0.4 is 5.32 Å². The van der Waals surface area contributed by atoms with Crippen molar-refractivity contribution in [2.24, 2.45) is 0 Å². The maximum Gasteiger partial charge on any atom is 0.224 e. The number of nitrogens with zero attached hydrogens (tertiary/aromatic N) is 1. The minimum Gasteiger partial charge on any atom is -0.389 e. The maximum absolute atomic E-state index is 11.8. The van der Waals surface area contributed by atoms with E-state index in [9.17, 15) is 9.90 Å². The van der Waals surface area contributed by atoms with Gasteiger partial charge in [-0.3, -0.25) is 4.79 Å². The van der Waals surface area contributed by atoms with Crippen molar-refractivity contribution in [3.05, 3.63) is 0 Å². The third kappa shape index (κ3) is 7.79. The van der Waals surface area contributed by atoms with Gasteiger partial charge in [-0.25, -0.2) is 0 Å². The standard InChI is InChI=1S/C14H28N2O4/c1-2-3-8-20-12-13(17)11-15-5-4-14(18)16-6-9-19-10-7-16/h13,15,17H,2-12H2,1H3. The third-order valence-corrected chi connectivity index (χ3v) is 3.21. The summed E-state index contributed by atoms with van der Waals surface area (Å²) >= 11 is 0. The lowest BCUT2D eigenvalue weighted by Crippen LogP contribution is -2.42. The van der Waals surface area contributed by atoms with E-state index in [-0.39, 0.29) is 5.91 Å². The van der Waals surface area contributed by atoms with Crippen LogP contribution in [-0.2, 0) is 14.3 Å². The van der Waals surface area contributed by atoms with Crippen molar-refractivity contribution < 1.29 is 19.4 Å². The molecule has 0 aliphatic carbocycles. The highest BCUT2D eigenvalue weighted by Gasteiger charge is 2.16. The summed E-state index contributed by atoms with van der Waals surface area (Å²) in [6.07, 6.45) is 2.07. The molecule has 1 heterocycles. The number of hydrogen-bond acceptors (Lipinski definition) is 5. The van der Waals surface area contributed by atoms with Gasteiger partial charge in [-0.1, -0.05) is 13.3 Å². The Hall–Kier alpha value is -0.690. The fourth-order valence-electron chi connectivity index (χ4n) is 1.96. The van der Waals surface area contributed by atoms with Crippen LogP contribution in [0.2, 0.25) is 0 Å². The van der Waals surface area contributed by atoms with E-state index < -0.39 is 6.10 Å². The van der Waals surface area contributed by atoms with Gasteiger partial charge in [0, 0.05) is 39.2 Å². The van der Waals surface area contributed by atoms with E-state index >= 15 is 0 Å². The fourth-order valence-corrected chi connectivity index (χ4v) is 1.96. The van der Waals surface area contributed by atoms with Crippen LogP contribution in [0.5, 0.6) is 0 Å². The van der Waals surface area contributed by atoms with E-state index in [1.54, 1.807) is 0 Å². The largest absolute Gasteiger partial charge is 0.389 e. The number of rotatable bonds is 10. The summed E-state index contributed by atoms with van der Waals surface area (Å²) in [5.41, 5.74) is 0. The second-order valence-electron chi connectivity index (χ2n) is 5.03. The Morgan fingerprint density at radius 2 is 2.20 bits per heavy atom. The number of carbonyl (C=O) groups is 1. The predicted octanol–water partition coefficient (Wildman–Crippen LogP) is 0.00250. The van der Waals surface area contributed by atoms with Gasteiger partial charge >= 0.3 is 0 Å². The van der Waals surface area contributed by atoms with Crippen LogP contribution in [0.4, 0.5) is 0 Å². The molecule has 1 unspecified atom stereocenters. The van der Waals surface area contributed by atoms with E-state index in [4.69, 9.17) is 9.47 Å². The summed E-state index contributed by atoms with van der Waals surface area (Å²) in [5, 5.41) is 12.8. The molecule has 1 rings (SSSR count). The van der Waals surface area contributed by atoms with Crippen molar-refractivity contribution >= 4 is 5.91 Å². The van der Waals surface area contributed by atoms with E-state index in [1.807, 2.05) is 4.90 Å². The summed E-state index contributed by atoms with van der Waals surface area (Å²) in [5.74, 6) is 0.148. The molecule has 6 nitrogen and oxygen atoms in total. The van der Waals surface area contributed by atoms with Crippen LogP contribution >= 0.6 is 0 Å². The van der Waals surface area contributed by atoms with Crippen LogP contribution in [0.1, 0.15) is 26.2 Å². The molecule has 0 aromatic heterocycles. The minimum atomic E-state index is -0.509. The maximum atomic E-state index is 11.8. The van der Waals surface area contributed by atoms with Crippen LogP contribution in [0.3, 0.4) is 0 Å². The van der Waals surface area contributed by atoms with Gasteiger partial charge in [-0.05, 0) is 6.42 Å². The first-order valence-corrected chi connectivity index (χ1v) is 7.56. The molecule has 0 aromatic rings. The Morgan fingerprint density at radius 1 is 1.45 bits per heavy atom. The van der Waals surface area contributed by atoms with E-state index in [2.05, 4.69) is 12.2 Å². The number of carbonyl (C=O) groups excluding carboxylic acids is 1. The minimum absolute atomic E-state index is 0.148. The van der Waals surface area contributed by atoms with E-state index in [0.29, 0.717) is 59.0 Å². The molecule has 1 fully saturated rings. The van der Waals surface area contributed by atoms with Crippen molar-refractivity contribution in [2.75, 3.05) is 52.6 Å². The van der Waals surface area contributed by atoms with Gasteiger partial charge in [0.1, 0.15) is 0 Å². The van der Waals surface area contributed by atoms with Gasteiger partial charge in [0.15, 0.2) is 0 Å². The number of morpholine rings is 1. The first-order chi connectivity index (χ1) is 9.74. The Labute approximate surface area is 121 Å². The topological polar surface area (TPSA) is 71.0 Å². The number of unbranched alkanes of at least 4 members (excludes halogenated alkanes) is 1.